The number of Topliss-reactive ketones (excluding diaryl/α,β-unsaturated/α-hetero) is 1. The predicted octanol–water partition coefficient (Wildman–Crippen LogP) is 1.49. The first-order chi connectivity index (χ1) is 15.3. The number of hydrogen-bond donors (Lipinski definition) is 0. The highest BCUT2D eigenvalue weighted by Crippen LogP contribution is 2.50. The summed E-state index contributed by atoms with van der Waals surface area (Å²) in [5.74, 6) is -3.21. The molecule has 0 aromatic carbocycles. The molecule has 0 aromatic rings. The standard InChI is InChI=1S/C23H28O10/c1-11(2)20(27)33-23(6)9-15(30-13(4)25)17-14(10-29-12(3)24)21(28)31-18(17)19-22(5,32-19)8-7-16(23)26/h15,18-19H,1,7-10H2,2-6H3. The van der Waals surface area contributed by atoms with Crippen LogP contribution in [0.5, 0.6) is 0 Å². The molecule has 0 bridgehead atoms. The van der Waals surface area contributed by atoms with Crippen molar-refractivity contribution in [2.45, 2.75) is 83.4 Å². The topological polar surface area (TPSA) is 135 Å². The van der Waals surface area contributed by atoms with Crippen LogP contribution in [-0.2, 0) is 47.7 Å². The first-order valence-electron chi connectivity index (χ1n) is 10.6. The summed E-state index contributed by atoms with van der Waals surface area (Å²) < 4.78 is 27.5. The minimum Gasteiger partial charge on any atom is -0.461 e. The van der Waals surface area contributed by atoms with Crippen molar-refractivity contribution in [1.82, 2.24) is 0 Å². The number of carbonyl (C=O) groups is 5. The van der Waals surface area contributed by atoms with Gasteiger partial charge < -0.3 is 23.7 Å². The molecule has 2 aliphatic heterocycles. The second-order valence-corrected chi connectivity index (χ2v) is 9.02. The molecule has 1 saturated carbocycles. The van der Waals surface area contributed by atoms with Crippen LogP contribution in [0.1, 0.15) is 53.9 Å². The SMILES string of the molecule is C=C(C)C(=O)OC1(C)CC(OC(C)=O)C2=C(COC(C)=O)C(=O)OC2C2OC2(C)CCC1=O. The molecule has 5 atom stereocenters. The lowest BCUT2D eigenvalue weighted by Gasteiger charge is -2.34. The lowest BCUT2D eigenvalue weighted by atomic mass is 9.80. The molecule has 3 aliphatic rings. The zero-order valence-corrected chi connectivity index (χ0v) is 19.4. The maximum absolute atomic E-state index is 13.2. The van der Waals surface area contributed by atoms with Gasteiger partial charge in [-0.15, -0.1) is 0 Å². The van der Waals surface area contributed by atoms with E-state index in [0.717, 1.165) is 0 Å². The van der Waals surface area contributed by atoms with Gasteiger partial charge in [-0.05, 0) is 27.2 Å². The third kappa shape index (κ3) is 5.00. The van der Waals surface area contributed by atoms with E-state index < -0.39 is 65.8 Å². The maximum atomic E-state index is 13.2. The Balaban J connectivity index is 2.12. The van der Waals surface area contributed by atoms with E-state index in [1.165, 1.54) is 27.7 Å². The average Bonchev–Trinajstić information content (AvgIpc) is 3.25. The highest BCUT2D eigenvalue weighted by atomic mass is 16.7. The molecular formula is C23H28O10. The lowest BCUT2D eigenvalue weighted by Crippen LogP contribution is -2.47. The summed E-state index contributed by atoms with van der Waals surface area (Å²) in [6.45, 7) is 10.2. The van der Waals surface area contributed by atoms with Crippen molar-refractivity contribution < 1.29 is 47.7 Å². The first-order valence-corrected chi connectivity index (χ1v) is 10.6. The molecular weight excluding hydrogens is 436 g/mol. The van der Waals surface area contributed by atoms with Crippen molar-refractivity contribution in [3.63, 3.8) is 0 Å². The van der Waals surface area contributed by atoms with Crippen LogP contribution in [0.15, 0.2) is 23.3 Å². The summed E-state index contributed by atoms with van der Waals surface area (Å²) in [7, 11) is 0. The van der Waals surface area contributed by atoms with Crippen molar-refractivity contribution in [3.05, 3.63) is 23.3 Å². The number of epoxide rings is 1. The molecule has 0 amide bonds. The Morgan fingerprint density at radius 2 is 1.79 bits per heavy atom. The molecule has 10 nitrogen and oxygen atoms in total. The average molecular weight is 464 g/mol. The summed E-state index contributed by atoms with van der Waals surface area (Å²) in [4.78, 5) is 61.7. The Kier molecular flexibility index (Phi) is 6.52. The molecule has 1 saturated heterocycles. The normalized spacial score (nSPS) is 33.3. The Morgan fingerprint density at radius 3 is 2.36 bits per heavy atom. The van der Waals surface area contributed by atoms with E-state index in [9.17, 15) is 24.0 Å². The quantitative estimate of drug-likeness (QED) is 0.255. The van der Waals surface area contributed by atoms with E-state index >= 15 is 0 Å². The number of ketones is 1. The molecule has 3 rings (SSSR count). The molecule has 0 radical (unpaired) electrons. The number of carbonyl (C=O) groups excluding carboxylic acids is 5. The minimum absolute atomic E-state index is 0.000834. The summed E-state index contributed by atoms with van der Waals surface area (Å²) >= 11 is 0. The third-order valence-electron chi connectivity index (χ3n) is 6.11. The summed E-state index contributed by atoms with van der Waals surface area (Å²) in [5, 5.41) is 0. The smallest absolute Gasteiger partial charge is 0.338 e. The van der Waals surface area contributed by atoms with Crippen LogP contribution < -0.4 is 0 Å². The third-order valence-corrected chi connectivity index (χ3v) is 6.11. The van der Waals surface area contributed by atoms with Gasteiger partial charge in [0.25, 0.3) is 0 Å². The van der Waals surface area contributed by atoms with Gasteiger partial charge in [-0.3, -0.25) is 14.4 Å². The van der Waals surface area contributed by atoms with Gasteiger partial charge in [-0.1, -0.05) is 6.58 Å². The Hall–Kier alpha value is -3.01. The fraction of sp³-hybridized carbons (Fsp3) is 0.609. The molecule has 180 valence electrons. The summed E-state index contributed by atoms with van der Waals surface area (Å²) in [6.07, 6.45) is -2.59. The van der Waals surface area contributed by atoms with Crippen molar-refractivity contribution in [2.24, 2.45) is 0 Å². The van der Waals surface area contributed by atoms with Gasteiger partial charge in [0.15, 0.2) is 17.5 Å². The van der Waals surface area contributed by atoms with E-state index in [1.54, 1.807) is 6.92 Å². The van der Waals surface area contributed by atoms with Crippen molar-refractivity contribution in [3.8, 4) is 0 Å². The predicted molar refractivity (Wildman–Crippen MR) is 111 cm³/mol. The second kappa shape index (κ2) is 8.74. The van der Waals surface area contributed by atoms with Crippen molar-refractivity contribution >= 4 is 29.7 Å². The highest BCUT2D eigenvalue weighted by molar-refractivity contribution is 5.95. The van der Waals surface area contributed by atoms with Crippen molar-refractivity contribution in [1.29, 1.82) is 0 Å². The van der Waals surface area contributed by atoms with Crippen LogP contribution in [-0.4, -0.2) is 65.8 Å². The molecule has 10 heteroatoms. The molecule has 0 aromatic heterocycles. The fourth-order valence-corrected chi connectivity index (χ4v) is 4.20. The van der Waals surface area contributed by atoms with Gasteiger partial charge in [-0.25, -0.2) is 9.59 Å². The van der Waals surface area contributed by atoms with Crippen LogP contribution >= 0.6 is 0 Å². The zero-order valence-electron chi connectivity index (χ0n) is 19.4. The van der Waals surface area contributed by atoms with Gasteiger partial charge in [0.1, 0.15) is 18.8 Å². The monoisotopic (exact) mass is 464 g/mol. The maximum Gasteiger partial charge on any atom is 0.338 e. The molecule has 0 spiro atoms. The summed E-state index contributed by atoms with van der Waals surface area (Å²) in [6, 6.07) is 0. The van der Waals surface area contributed by atoms with Gasteiger partial charge in [0, 0.05) is 37.8 Å². The van der Waals surface area contributed by atoms with Gasteiger partial charge in [0.05, 0.1) is 11.2 Å². The van der Waals surface area contributed by atoms with Crippen LogP contribution in [0.25, 0.3) is 0 Å². The highest BCUT2D eigenvalue weighted by Gasteiger charge is 2.63. The minimum atomic E-state index is -1.69. The molecule has 0 N–H and O–H groups in total. The number of rotatable bonds is 5. The number of esters is 4. The van der Waals surface area contributed by atoms with Crippen LogP contribution in [0, 0.1) is 0 Å². The molecule has 2 fully saturated rings. The van der Waals surface area contributed by atoms with Crippen molar-refractivity contribution in [2.75, 3.05) is 6.61 Å². The number of ether oxygens (including phenoxy) is 5. The molecule has 2 heterocycles. The van der Waals surface area contributed by atoms with E-state index in [4.69, 9.17) is 23.7 Å². The fourth-order valence-electron chi connectivity index (χ4n) is 4.20. The van der Waals surface area contributed by atoms with E-state index in [2.05, 4.69) is 6.58 Å². The number of hydrogen-bond acceptors (Lipinski definition) is 10. The molecule has 1 aliphatic carbocycles. The van der Waals surface area contributed by atoms with Crippen LogP contribution in [0.2, 0.25) is 0 Å². The van der Waals surface area contributed by atoms with Crippen LogP contribution in [0.3, 0.4) is 0 Å². The van der Waals surface area contributed by atoms with E-state index in [0.29, 0.717) is 6.42 Å². The Labute approximate surface area is 191 Å². The summed E-state index contributed by atoms with van der Waals surface area (Å²) in [5.41, 5.74) is -2.14. The molecule has 5 unspecified atom stereocenters. The first kappa shape index (κ1) is 24.6. The Morgan fingerprint density at radius 1 is 1.12 bits per heavy atom. The number of fused-ring (bicyclic) bond motifs is 3. The van der Waals surface area contributed by atoms with E-state index in [-0.39, 0.29) is 29.6 Å². The van der Waals surface area contributed by atoms with Gasteiger partial charge in [0.2, 0.25) is 0 Å². The second-order valence-electron chi connectivity index (χ2n) is 9.02. The van der Waals surface area contributed by atoms with Gasteiger partial charge in [-0.2, -0.15) is 0 Å². The largest absolute Gasteiger partial charge is 0.461 e. The van der Waals surface area contributed by atoms with E-state index in [1.807, 2.05) is 0 Å². The lowest BCUT2D eigenvalue weighted by molar-refractivity contribution is -0.168. The van der Waals surface area contributed by atoms with Gasteiger partial charge >= 0.3 is 23.9 Å². The zero-order chi connectivity index (χ0) is 24.7. The Bertz CT molecular complexity index is 962. The van der Waals surface area contributed by atoms with Crippen LogP contribution in [0.4, 0.5) is 0 Å². The molecule has 33 heavy (non-hydrogen) atoms.